The second kappa shape index (κ2) is 13.5. The van der Waals surface area contributed by atoms with Crippen molar-refractivity contribution >= 4 is 40.8 Å². The number of hydrogen-bond donors (Lipinski definition) is 2. The molecule has 4 nitrogen and oxygen atoms in total. The molecule has 182 valence electrons. The molecule has 2 rings (SSSR count). The van der Waals surface area contributed by atoms with E-state index >= 15 is 0 Å². The van der Waals surface area contributed by atoms with Gasteiger partial charge in [0, 0.05) is 5.02 Å². The molecule has 0 aromatic heterocycles. The zero-order valence-electron chi connectivity index (χ0n) is 18.7. The number of rotatable bonds is 9. The maximum Gasteiger partial charge on any atom is 0.390 e. The highest BCUT2D eigenvalue weighted by Gasteiger charge is 2.36. The van der Waals surface area contributed by atoms with Gasteiger partial charge in [0.15, 0.2) is 0 Å². The van der Waals surface area contributed by atoms with Gasteiger partial charge in [-0.2, -0.15) is 13.2 Å². The summed E-state index contributed by atoms with van der Waals surface area (Å²) in [4.78, 5) is 24.0. The van der Waals surface area contributed by atoms with Crippen LogP contribution in [0.25, 0.3) is 0 Å². The van der Waals surface area contributed by atoms with Crippen LogP contribution in [0.1, 0.15) is 69.4 Å². The summed E-state index contributed by atoms with van der Waals surface area (Å²) in [5.74, 6) is -3.64. The van der Waals surface area contributed by atoms with Gasteiger partial charge in [0.05, 0.1) is 29.5 Å². The van der Waals surface area contributed by atoms with E-state index in [4.69, 9.17) is 28.3 Å². The van der Waals surface area contributed by atoms with E-state index in [1.165, 1.54) is 36.4 Å². The fourth-order valence-corrected chi connectivity index (χ4v) is 3.64. The molecular weight excluding hydrogens is 478 g/mol. The van der Waals surface area contributed by atoms with E-state index in [1.807, 2.05) is 20.8 Å². The number of amides is 1. The lowest BCUT2D eigenvalue weighted by Crippen LogP contribution is -2.26. The standard InChI is InChI=1S/C22H22Cl2F3NO3.C2H6/c1-2-3-14(11-20(29)30)15-6-9-18(24)19(10-15)28-21(31)17(12-22(25,26)27)13-4-7-16(23)8-5-13;1-2/h4-10,14,17H,2-3,11-12H2,1H3,(H,28,31)(H,29,30);1-2H3/t14-,17-;/m0./s1. The first-order chi connectivity index (χ1) is 15.5. The summed E-state index contributed by atoms with van der Waals surface area (Å²) < 4.78 is 39.4. The van der Waals surface area contributed by atoms with Crippen LogP contribution in [-0.2, 0) is 9.59 Å². The average Bonchev–Trinajstić information content (AvgIpc) is 2.74. The Morgan fingerprint density at radius 1 is 1.03 bits per heavy atom. The molecule has 2 aromatic rings. The number of benzene rings is 2. The van der Waals surface area contributed by atoms with Gasteiger partial charge in [0.2, 0.25) is 5.91 Å². The summed E-state index contributed by atoms with van der Waals surface area (Å²) >= 11 is 12.0. The average molecular weight is 506 g/mol. The van der Waals surface area contributed by atoms with Crippen molar-refractivity contribution in [3.05, 3.63) is 63.6 Å². The third-order valence-electron chi connectivity index (χ3n) is 4.80. The smallest absolute Gasteiger partial charge is 0.390 e. The van der Waals surface area contributed by atoms with Crippen LogP contribution >= 0.6 is 23.2 Å². The van der Waals surface area contributed by atoms with Crippen LogP contribution in [0.3, 0.4) is 0 Å². The van der Waals surface area contributed by atoms with Crippen LogP contribution in [0.15, 0.2) is 42.5 Å². The Morgan fingerprint density at radius 2 is 1.61 bits per heavy atom. The molecule has 0 aliphatic carbocycles. The molecule has 2 N–H and O–H groups in total. The summed E-state index contributed by atoms with van der Waals surface area (Å²) in [5.41, 5.74) is 0.945. The molecule has 9 heteroatoms. The molecule has 0 heterocycles. The van der Waals surface area contributed by atoms with E-state index < -0.39 is 30.4 Å². The van der Waals surface area contributed by atoms with Gasteiger partial charge in [0.1, 0.15) is 0 Å². The molecule has 0 aliphatic rings. The number of carboxylic acid groups (broad SMARTS) is 1. The Labute approximate surface area is 202 Å². The Hall–Kier alpha value is -2.25. The lowest BCUT2D eigenvalue weighted by Gasteiger charge is -2.21. The minimum absolute atomic E-state index is 0.107. The SMILES string of the molecule is CC.CCC[C@@H](CC(=O)O)c1ccc(Cl)c(NC(=O)[C@@H](CC(F)(F)F)c2ccc(Cl)cc2)c1. The maximum atomic E-state index is 13.1. The predicted octanol–water partition coefficient (Wildman–Crippen LogP) is 8.05. The second-order valence-corrected chi connectivity index (χ2v) is 8.08. The van der Waals surface area contributed by atoms with Crippen LogP contribution in [0.4, 0.5) is 18.9 Å². The normalized spacial score (nSPS) is 12.8. The molecule has 2 atom stereocenters. The minimum atomic E-state index is -4.57. The van der Waals surface area contributed by atoms with Crippen molar-refractivity contribution in [3.63, 3.8) is 0 Å². The van der Waals surface area contributed by atoms with E-state index in [9.17, 15) is 22.8 Å². The molecule has 0 radical (unpaired) electrons. The predicted molar refractivity (Wildman–Crippen MR) is 126 cm³/mol. The zero-order valence-corrected chi connectivity index (χ0v) is 20.2. The molecule has 2 aromatic carbocycles. The maximum absolute atomic E-state index is 13.1. The van der Waals surface area contributed by atoms with Crippen LogP contribution in [0.5, 0.6) is 0 Å². The summed E-state index contributed by atoms with van der Waals surface area (Å²) in [7, 11) is 0. The molecule has 0 saturated carbocycles. The lowest BCUT2D eigenvalue weighted by molar-refractivity contribution is -0.146. The molecule has 0 saturated heterocycles. The van der Waals surface area contributed by atoms with Crippen molar-refractivity contribution in [1.82, 2.24) is 0 Å². The highest BCUT2D eigenvalue weighted by Crippen LogP contribution is 2.35. The summed E-state index contributed by atoms with van der Waals surface area (Å²) in [6, 6.07) is 10.3. The monoisotopic (exact) mass is 505 g/mol. The van der Waals surface area contributed by atoms with Gasteiger partial charge in [-0.15, -0.1) is 0 Å². The minimum Gasteiger partial charge on any atom is -0.481 e. The van der Waals surface area contributed by atoms with Crippen molar-refractivity contribution in [2.24, 2.45) is 0 Å². The van der Waals surface area contributed by atoms with Gasteiger partial charge >= 0.3 is 12.1 Å². The molecule has 0 fully saturated rings. The van der Waals surface area contributed by atoms with Crippen molar-refractivity contribution < 1.29 is 27.9 Å². The second-order valence-electron chi connectivity index (χ2n) is 7.24. The third kappa shape index (κ3) is 9.64. The molecule has 0 aliphatic heterocycles. The van der Waals surface area contributed by atoms with E-state index in [1.54, 1.807) is 6.07 Å². The lowest BCUT2D eigenvalue weighted by atomic mass is 9.91. The van der Waals surface area contributed by atoms with Crippen molar-refractivity contribution in [1.29, 1.82) is 0 Å². The van der Waals surface area contributed by atoms with Gasteiger partial charge in [-0.25, -0.2) is 0 Å². The number of carbonyl (C=O) groups is 2. The number of alkyl halides is 3. The number of hydrogen-bond acceptors (Lipinski definition) is 2. The fraction of sp³-hybridized carbons (Fsp3) is 0.417. The fourth-order valence-electron chi connectivity index (χ4n) is 3.35. The Bertz CT molecular complexity index is 918. The van der Waals surface area contributed by atoms with E-state index in [0.29, 0.717) is 17.0 Å². The quantitative estimate of drug-likeness (QED) is 0.362. The highest BCUT2D eigenvalue weighted by atomic mass is 35.5. The van der Waals surface area contributed by atoms with Crippen LogP contribution in [0.2, 0.25) is 10.0 Å². The molecule has 0 spiro atoms. The Morgan fingerprint density at radius 3 is 2.12 bits per heavy atom. The van der Waals surface area contributed by atoms with Gasteiger partial charge in [0.25, 0.3) is 0 Å². The summed E-state index contributed by atoms with van der Waals surface area (Å²) in [5, 5.41) is 12.1. The van der Waals surface area contributed by atoms with Gasteiger partial charge < -0.3 is 10.4 Å². The Kier molecular flexibility index (Phi) is 11.7. The van der Waals surface area contributed by atoms with Crippen LogP contribution < -0.4 is 5.32 Å². The first kappa shape index (κ1) is 28.8. The van der Waals surface area contributed by atoms with Gasteiger partial charge in [-0.05, 0) is 47.7 Å². The van der Waals surface area contributed by atoms with Crippen molar-refractivity contribution in [2.45, 2.75) is 64.5 Å². The van der Waals surface area contributed by atoms with Crippen LogP contribution in [-0.4, -0.2) is 23.2 Å². The largest absolute Gasteiger partial charge is 0.481 e. The van der Waals surface area contributed by atoms with Crippen molar-refractivity contribution in [3.8, 4) is 0 Å². The third-order valence-corrected chi connectivity index (χ3v) is 5.38. The topological polar surface area (TPSA) is 66.4 Å². The van der Waals surface area contributed by atoms with E-state index in [2.05, 4.69) is 5.32 Å². The molecule has 0 unspecified atom stereocenters. The molecule has 1 amide bonds. The molecule has 0 bridgehead atoms. The van der Waals surface area contributed by atoms with Crippen molar-refractivity contribution in [2.75, 3.05) is 5.32 Å². The first-order valence-corrected chi connectivity index (χ1v) is 11.4. The first-order valence-electron chi connectivity index (χ1n) is 10.6. The van der Waals surface area contributed by atoms with E-state index in [0.717, 1.165) is 6.42 Å². The number of anilines is 1. The number of nitrogens with one attached hydrogen (secondary N) is 1. The number of carbonyl (C=O) groups excluding carboxylic acids is 1. The molecular formula is C24H28Cl2F3NO3. The van der Waals surface area contributed by atoms with Crippen LogP contribution in [0, 0.1) is 0 Å². The van der Waals surface area contributed by atoms with Gasteiger partial charge in [-0.3, -0.25) is 9.59 Å². The van der Waals surface area contributed by atoms with E-state index in [-0.39, 0.29) is 28.6 Å². The summed E-state index contributed by atoms with van der Waals surface area (Å²) in [6.45, 7) is 5.92. The Balaban J connectivity index is 0.00000265. The number of halogens is 5. The highest BCUT2D eigenvalue weighted by molar-refractivity contribution is 6.33. The molecule has 33 heavy (non-hydrogen) atoms. The number of aliphatic carboxylic acids is 1. The number of carboxylic acids is 1. The van der Waals surface area contributed by atoms with Gasteiger partial charge in [-0.1, -0.05) is 68.6 Å². The zero-order chi connectivity index (χ0) is 25.2. The summed E-state index contributed by atoms with van der Waals surface area (Å²) in [6.07, 6.45) is -4.68.